The van der Waals surface area contributed by atoms with Crippen LogP contribution in [0.5, 0.6) is 0 Å². The van der Waals surface area contributed by atoms with Gasteiger partial charge >= 0.3 is 0 Å². The van der Waals surface area contributed by atoms with Crippen LogP contribution in [0.4, 0.5) is 5.95 Å². The Balaban J connectivity index is 1.25. The number of carbonyl (C=O) groups is 1. The minimum absolute atomic E-state index is 0.137. The molecule has 0 radical (unpaired) electrons. The third kappa shape index (κ3) is 5.38. The Hall–Kier alpha value is -4.04. The van der Waals surface area contributed by atoms with E-state index in [2.05, 4.69) is 38.1 Å². The number of rotatable bonds is 7. The van der Waals surface area contributed by atoms with E-state index >= 15 is 0 Å². The van der Waals surface area contributed by atoms with Crippen molar-refractivity contribution < 1.29 is 4.79 Å². The molecule has 2 aromatic carbocycles. The molecule has 0 unspecified atom stereocenters. The van der Waals surface area contributed by atoms with E-state index < -0.39 is 0 Å². The first-order valence-electron chi connectivity index (χ1n) is 11.8. The first-order chi connectivity index (χ1) is 17.2. The molecule has 8 nitrogen and oxygen atoms in total. The van der Waals surface area contributed by atoms with Crippen molar-refractivity contribution in [3.63, 3.8) is 0 Å². The molecule has 1 aliphatic rings. The van der Waals surface area contributed by atoms with E-state index in [-0.39, 0.29) is 5.91 Å². The number of hydrogen-bond acceptors (Lipinski definition) is 6. The molecule has 0 bridgehead atoms. The average Bonchev–Trinajstić information content (AvgIpc) is 3.34. The molecule has 35 heavy (non-hydrogen) atoms. The highest BCUT2D eigenvalue weighted by molar-refractivity contribution is 5.78. The maximum absolute atomic E-state index is 13.0. The first kappa shape index (κ1) is 22.7. The Bertz CT molecular complexity index is 1240. The minimum atomic E-state index is 0.137. The largest absolute Gasteiger partial charge is 0.338 e. The van der Waals surface area contributed by atoms with Gasteiger partial charge in [0, 0.05) is 62.4 Å². The summed E-state index contributed by atoms with van der Waals surface area (Å²) in [6, 6.07) is 22.1. The molecule has 0 saturated carbocycles. The second-order valence-corrected chi connectivity index (χ2v) is 8.74. The van der Waals surface area contributed by atoms with E-state index in [1.807, 2.05) is 71.2 Å². The number of para-hydroxylation sites is 1. The van der Waals surface area contributed by atoms with Gasteiger partial charge in [-0.1, -0.05) is 48.5 Å². The molecule has 5 rings (SSSR count). The lowest BCUT2D eigenvalue weighted by atomic mass is 10.1. The molecule has 3 heterocycles. The van der Waals surface area contributed by atoms with Crippen LogP contribution in [-0.4, -0.2) is 75.2 Å². The summed E-state index contributed by atoms with van der Waals surface area (Å²) in [4.78, 5) is 27.8. The molecule has 8 heteroatoms. The first-order valence-corrected chi connectivity index (χ1v) is 11.8. The van der Waals surface area contributed by atoms with Crippen molar-refractivity contribution in [3.8, 4) is 16.9 Å². The van der Waals surface area contributed by atoms with Gasteiger partial charge in [0.15, 0.2) is 0 Å². The van der Waals surface area contributed by atoms with Gasteiger partial charge in [0.1, 0.15) is 0 Å². The molecular formula is C27H29N7O. The number of amides is 1. The summed E-state index contributed by atoms with van der Waals surface area (Å²) < 4.78 is 1.91. The molecule has 0 spiro atoms. The summed E-state index contributed by atoms with van der Waals surface area (Å²) >= 11 is 0. The molecule has 4 aromatic rings. The molecular weight excluding hydrogens is 438 g/mol. The van der Waals surface area contributed by atoms with Crippen LogP contribution in [0.25, 0.3) is 16.9 Å². The number of anilines is 1. The van der Waals surface area contributed by atoms with Crippen LogP contribution in [0.2, 0.25) is 0 Å². The average molecular weight is 468 g/mol. The molecule has 2 aromatic heterocycles. The van der Waals surface area contributed by atoms with Crippen molar-refractivity contribution in [2.24, 2.45) is 0 Å². The Morgan fingerprint density at radius 1 is 0.886 bits per heavy atom. The zero-order valence-electron chi connectivity index (χ0n) is 19.9. The van der Waals surface area contributed by atoms with Crippen molar-refractivity contribution in [2.45, 2.75) is 6.54 Å². The summed E-state index contributed by atoms with van der Waals surface area (Å²) in [5, 5.41) is 4.89. The van der Waals surface area contributed by atoms with Gasteiger partial charge in [-0.15, -0.1) is 0 Å². The highest BCUT2D eigenvalue weighted by atomic mass is 16.2. The van der Waals surface area contributed by atoms with E-state index in [1.165, 1.54) is 0 Å². The monoisotopic (exact) mass is 467 g/mol. The highest BCUT2D eigenvalue weighted by Gasteiger charge is 2.24. The summed E-state index contributed by atoms with van der Waals surface area (Å²) in [6.07, 6.45) is 5.56. The van der Waals surface area contributed by atoms with E-state index in [1.54, 1.807) is 12.4 Å². The molecule has 0 aliphatic carbocycles. The summed E-state index contributed by atoms with van der Waals surface area (Å²) in [6.45, 7) is 3.80. The second kappa shape index (κ2) is 10.5. The van der Waals surface area contributed by atoms with Crippen LogP contribution in [0, 0.1) is 0 Å². The zero-order valence-corrected chi connectivity index (χ0v) is 19.9. The third-order valence-corrected chi connectivity index (χ3v) is 6.17. The van der Waals surface area contributed by atoms with Crippen molar-refractivity contribution in [1.29, 1.82) is 0 Å². The van der Waals surface area contributed by atoms with E-state index in [9.17, 15) is 4.79 Å². The molecule has 1 amide bonds. The van der Waals surface area contributed by atoms with Crippen LogP contribution in [0.15, 0.2) is 85.3 Å². The van der Waals surface area contributed by atoms with Gasteiger partial charge in [-0.05, 0) is 25.2 Å². The topological polar surface area (TPSA) is 70.4 Å². The molecule has 178 valence electrons. The lowest BCUT2D eigenvalue weighted by molar-refractivity contribution is -0.132. The van der Waals surface area contributed by atoms with Crippen molar-refractivity contribution in [1.82, 2.24) is 29.5 Å². The Kier molecular flexibility index (Phi) is 6.81. The van der Waals surface area contributed by atoms with Gasteiger partial charge in [0.05, 0.1) is 17.9 Å². The quantitative estimate of drug-likeness (QED) is 0.416. The molecule has 0 atom stereocenters. The number of carbonyl (C=O) groups excluding carboxylic acids is 1. The number of nitrogens with zero attached hydrogens (tertiary/aromatic N) is 7. The number of hydrogen-bond donors (Lipinski definition) is 0. The fraction of sp³-hybridized carbons (Fsp3) is 0.259. The van der Waals surface area contributed by atoms with E-state index in [4.69, 9.17) is 5.10 Å². The normalized spacial score (nSPS) is 13.9. The van der Waals surface area contributed by atoms with Gasteiger partial charge in [0.25, 0.3) is 0 Å². The molecule has 0 N–H and O–H groups in total. The lowest BCUT2D eigenvalue weighted by Gasteiger charge is -2.35. The number of aromatic nitrogens is 4. The minimum Gasteiger partial charge on any atom is -0.338 e. The second-order valence-electron chi connectivity index (χ2n) is 8.74. The van der Waals surface area contributed by atoms with Crippen molar-refractivity contribution in [3.05, 3.63) is 90.9 Å². The van der Waals surface area contributed by atoms with E-state index in [0.29, 0.717) is 26.2 Å². The molecule has 1 fully saturated rings. The maximum atomic E-state index is 13.0. The third-order valence-electron chi connectivity index (χ3n) is 6.17. The number of benzene rings is 2. The fourth-order valence-corrected chi connectivity index (χ4v) is 4.37. The van der Waals surface area contributed by atoms with Gasteiger partial charge in [-0.3, -0.25) is 9.69 Å². The van der Waals surface area contributed by atoms with Gasteiger partial charge in [-0.2, -0.15) is 5.10 Å². The smallest absolute Gasteiger partial charge is 0.236 e. The number of piperazine rings is 1. The predicted octanol–water partition coefficient (Wildman–Crippen LogP) is 3.11. The van der Waals surface area contributed by atoms with Crippen molar-refractivity contribution in [2.75, 3.05) is 44.7 Å². The lowest BCUT2D eigenvalue weighted by Crippen LogP contribution is -2.51. The van der Waals surface area contributed by atoms with Crippen LogP contribution >= 0.6 is 0 Å². The summed E-state index contributed by atoms with van der Waals surface area (Å²) in [7, 11) is 1.99. The Labute approximate surface area is 205 Å². The standard InChI is InChI=1S/C27H29N7O/c1-31(21-25(35)32-15-17-33(18-16-32)27-28-13-8-14-29-27)19-23-20-34(24-11-6-3-7-12-24)30-26(23)22-9-4-2-5-10-22/h2-14,20H,15-19,21H2,1H3. The van der Waals surface area contributed by atoms with Crippen LogP contribution < -0.4 is 4.90 Å². The molecule has 1 aliphatic heterocycles. The highest BCUT2D eigenvalue weighted by Crippen LogP contribution is 2.24. The van der Waals surface area contributed by atoms with Crippen LogP contribution in [-0.2, 0) is 11.3 Å². The SMILES string of the molecule is CN(CC(=O)N1CCN(c2ncccn2)CC1)Cc1cn(-c2ccccc2)nc1-c1ccccc1. The summed E-state index contributed by atoms with van der Waals surface area (Å²) in [5.41, 5.74) is 4.10. The summed E-state index contributed by atoms with van der Waals surface area (Å²) in [5.74, 6) is 0.860. The van der Waals surface area contributed by atoms with Gasteiger partial charge < -0.3 is 9.80 Å². The van der Waals surface area contributed by atoms with E-state index in [0.717, 1.165) is 41.5 Å². The van der Waals surface area contributed by atoms with Gasteiger partial charge in [0.2, 0.25) is 11.9 Å². The maximum Gasteiger partial charge on any atom is 0.236 e. The Morgan fingerprint density at radius 2 is 1.54 bits per heavy atom. The molecule has 1 saturated heterocycles. The van der Waals surface area contributed by atoms with Gasteiger partial charge in [-0.25, -0.2) is 14.6 Å². The van der Waals surface area contributed by atoms with Crippen molar-refractivity contribution >= 4 is 11.9 Å². The predicted molar refractivity (Wildman–Crippen MR) is 136 cm³/mol. The Morgan fingerprint density at radius 3 is 2.23 bits per heavy atom. The van der Waals surface area contributed by atoms with Crippen LogP contribution in [0.1, 0.15) is 5.56 Å². The van der Waals surface area contributed by atoms with Crippen LogP contribution in [0.3, 0.4) is 0 Å². The number of likely N-dealkylation sites (N-methyl/N-ethyl adjacent to an activating group) is 1. The fourth-order valence-electron chi connectivity index (χ4n) is 4.37. The zero-order chi connectivity index (χ0) is 24.0.